The van der Waals surface area contributed by atoms with Crippen molar-refractivity contribution < 1.29 is 8.42 Å². The predicted molar refractivity (Wildman–Crippen MR) is 84.9 cm³/mol. The summed E-state index contributed by atoms with van der Waals surface area (Å²) in [6, 6.07) is 3.68. The zero-order valence-corrected chi connectivity index (χ0v) is 13.7. The third kappa shape index (κ3) is 4.13. The molecule has 2 aromatic rings. The van der Waals surface area contributed by atoms with Crippen LogP contribution in [0.25, 0.3) is 0 Å². The molecule has 110 valence electrons. The first-order chi connectivity index (χ1) is 9.63. The SMILES string of the molecule is CCNCc1sccc1S(=O)(=O)NCCc1ccsc1. The van der Waals surface area contributed by atoms with E-state index in [0.717, 1.165) is 23.4 Å². The zero-order valence-electron chi connectivity index (χ0n) is 11.3. The third-order valence-electron chi connectivity index (χ3n) is 2.82. The summed E-state index contributed by atoms with van der Waals surface area (Å²) >= 11 is 3.09. The second kappa shape index (κ2) is 7.33. The van der Waals surface area contributed by atoms with Gasteiger partial charge in [-0.1, -0.05) is 6.92 Å². The topological polar surface area (TPSA) is 58.2 Å². The summed E-state index contributed by atoms with van der Waals surface area (Å²) in [4.78, 5) is 1.25. The second-order valence-electron chi connectivity index (χ2n) is 4.27. The lowest BCUT2D eigenvalue weighted by molar-refractivity contribution is 0.580. The Morgan fingerprint density at radius 1 is 1.25 bits per heavy atom. The molecule has 4 nitrogen and oxygen atoms in total. The van der Waals surface area contributed by atoms with Crippen molar-refractivity contribution in [3.05, 3.63) is 38.7 Å². The number of rotatable bonds is 8. The highest BCUT2D eigenvalue weighted by atomic mass is 32.2. The normalized spacial score (nSPS) is 11.8. The van der Waals surface area contributed by atoms with Gasteiger partial charge in [-0.05, 0) is 46.8 Å². The average molecular weight is 330 g/mol. The van der Waals surface area contributed by atoms with Gasteiger partial charge in [0.1, 0.15) is 0 Å². The monoisotopic (exact) mass is 330 g/mol. The van der Waals surface area contributed by atoms with E-state index in [-0.39, 0.29) is 0 Å². The van der Waals surface area contributed by atoms with Crippen molar-refractivity contribution >= 4 is 32.7 Å². The summed E-state index contributed by atoms with van der Waals surface area (Å²) < 4.78 is 27.2. The van der Waals surface area contributed by atoms with Crippen molar-refractivity contribution in [2.75, 3.05) is 13.1 Å². The summed E-state index contributed by atoms with van der Waals surface area (Å²) in [6.45, 7) is 3.84. The minimum absolute atomic E-state index is 0.397. The van der Waals surface area contributed by atoms with Gasteiger partial charge >= 0.3 is 0 Å². The van der Waals surface area contributed by atoms with Crippen molar-refractivity contribution in [1.29, 1.82) is 0 Å². The fraction of sp³-hybridized carbons (Fsp3) is 0.385. The maximum absolute atomic E-state index is 12.3. The van der Waals surface area contributed by atoms with Gasteiger partial charge in [-0.3, -0.25) is 0 Å². The van der Waals surface area contributed by atoms with Crippen LogP contribution < -0.4 is 10.0 Å². The van der Waals surface area contributed by atoms with Gasteiger partial charge in [-0.25, -0.2) is 13.1 Å². The molecule has 20 heavy (non-hydrogen) atoms. The molecule has 2 N–H and O–H groups in total. The molecule has 0 aliphatic rings. The van der Waals surface area contributed by atoms with Crippen LogP contribution in [0.3, 0.4) is 0 Å². The molecule has 0 amide bonds. The van der Waals surface area contributed by atoms with Crippen LogP contribution in [-0.2, 0) is 23.0 Å². The fourth-order valence-corrected chi connectivity index (χ4v) is 4.92. The van der Waals surface area contributed by atoms with Crippen LogP contribution in [0.5, 0.6) is 0 Å². The van der Waals surface area contributed by atoms with Crippen molar-refractivity contribution in [1.82, 2.24) is 10.0 Å². The van der Waals surface area contributed by atoms with E-state index in [0.29, 0.717) is 18.0 Å². The van der Waals surface area contributed by atoms with E-state index in [1.165, 1.54) is 11.3 Å². The summed E-state index contributed by atoms with van der Waals surface area (Å²) in [5.74, 6) is 0. The first kappa shape index (κ1) is 15.7. The molecule has 0 saturated carbocycles. The highest BCUT2D eigenvalue weighted by Gasteiger charge is 2.18. The molecule has 0 fully saturated rings. The van der Waals surface area contributed by atoms with E-state index in [2.05, 4.69) is 10.0 Å². The van der Waals surface area contributed by atoms with Crippen LogP contribution in [0.15, 0.2) is 33.2 Å². The molecule has 2 aromatic heterocycles. The lowest BCUT2D eigenvalue weighted by Crippen LogP contribution is -2.27. The molecule has 2 heterocycles. The van der Waals surface area contributed by atoms with Crippen LogP contribution in [0, 0.1) is 0 Å². The van der Waals surface area contributed by atoms with Crippen LogP contribution in [0.1, 0.15) is 17.4 Å². The molecular formula is C13H18N2O2S3. The molecule has 0 unspecified atom stereocenters. The number of nitrogens with one attached hydrogen (secondary N) is 2. The molecular weight excluding hydrogens is 312 g/mol. The Balaban J connectivity index is 1.97. The highest BCUT2D eigenvalue weighted by molar-refractivity contribution is 7.89. The number of hydrogen-bond donors (Lipinski definition) is 2. The molecule has 0 radical (unpaired) electrons. The Morgan fingerprint density at radius 3 is 2.80 bits per heavy atom. The maximum atomic E-state index is 12.3. The lowest BCUT2D eigenvalue weighted by atomic mass is 10.2. The fourth-order valence-electron chi connectivity index (χ4n) is 1.78. The average Bonchev–Trinajstić information content (AvgIpc) is 3.07. The number of sulfonamides is 1. The van der Waals surface area contributed by atoms with E-state index in [1.54, 1.807) is 17.4 Å². The van der Waals surface area contributed by atoms with E-state index >= 15 is 0 Å². The van der Waals surface area contributed by atoms with Crippen LogP contribution in [0.4, 0.5) is 0 Å². The van der Waals surface area contributed by atoms with Gasteiger partial charge < -0.3 is 5.32 Å². The van der Waals surface area contributed by atoms with Crippen LogP contribution in [-0.4, -0.2) is 21.5 Å². The molecule has 7 heteroatoms. The molecule has 2 rings (SSSR count). The van der Waals surface area contributed by atoms with Crippen molar-refractivity contribution in [3.63, 3.8) is 0 Å². The number of thiophene rings is 2. The van der Waals surface area contributed by atoms with Crippen molar-refractivity contribution in [3.8, 4) is 0 Å². The highest BCUT2D eigenvalue weighted by Crippen LogP contribution is 2.21. The number of hydrogen-bond acceptors (Lipinski definition) is 5. The first-order valence-electron chi connectivity index (χ1n) is 6.41. The van der Waals surface area contributed by atoms with Gasteiger partial charge in [-0.2, -0.15) is 11.3 Å². The van der Waals surface area contributed by atoms with Crippen molar-refractivity contribution in [2.24, 2.45) is 0 Å². The molecule has 0 aliphatic carbocycles. The predicted octanol–water partition coefficient (Wildman–Crippen LogP) is 2.44. The smallest absolute Gasteiger partial charge is 0.241 e. The van der Waals surface area contributed by atoms with Gasteiger partial charge in [0.25, 0.3) is 0 Å². The second-order valence-corrected chi connectivity index (χ2v) is 7.78. The summed E-state index contributed by atoms with van der Waals surface area (Å²) in [5, 5.41) is 9.02. The van der Waals surface area contributed by atoms with Crippen LogP contribution in [0.2, 0.25) is 0 Å². The summed E-state index contributed by atoms with van der Waals surface area (Å²) in [7, 11) is -3.41. The van der Waals surface area contributed by atoms with Gasteiger partial charge in [-0.15, -0.1) is 11.3 Å². The summed E-state index contributed by atoms with van der Waals surface area (Å²) in [6.07, 6.45) is 0.718. The lowest BCUT2D eigenvalue weighted by Gasteiger charge is -2.07. The van der Waals surface area contributed by atoms with E-state index in [1.807, 2.05) is 29.1 Å². The van der Waals surface area contributed by atoms with Gasteiger partial charge in [0, 0.05) is 18.0 Å². The molecule has 0 saturated heterocycles. The molecule has 0 atom stereocenters. The van der Waals surface area contributed by atoms with Gasteiger partial charge in [0.05, 0.1) is 4.90 Å². The van der Waals surface area contributed by atoms with Gasteiger partial charge in [0.15, 0.2) is 0 Å². The quantitative estimate of drug-likeness (QED) is 0.781. The Labute approximate surface area is 127 Å². The van der Waals surface area contributed by atoms with E-state index < -0.39 is 10.0 Å². The first-order valence-corrected chi connectivity index (χ1v) is 9.72. The Morgan fingerprint density at radius 2 is 2.10 bits per heavy atom. The minimum Gasteiger partial charge on any atom is -0.312 e. The Kier molecular flexibility index (Phi) is 5.74. The maximum Gasteiger partial charge on any atom is 0.241 e. The molecule has 0 spiro atoms. The molecule has 0 aromatic carbocycles. The molecule has 0 aliphatic heterocycles. The molecule has 0 bridgehead atoms. The Hall–Kier alpha value is -0.730. The van der Waals surface area contributed by atoms with Gasteiger partial charge in [0.2, 0.25) is 10.0 Å². The Bertz CT molecular complexity index is 618. The zero-order chi connectivity index (χ0) is 14.4. The summed E-state index contributed by atoms with van der Waals surface area (Å²) in [5.41, 5.74) is 1.16. The van der Waals surface area contributed by atoms with Crippen LogP contribution >= 0.6 is 22.7 Å². The standard InChI is InChI=1S/C13H18N2O2S3/c1-2-14-9-12-13(5-8-19-12)20(16,17)15-6-3-11-4-7-18-10-11/h4-5,7-8,10,14-15H,2-3,6,9H2,1H3. The largest absolute Gasteiger partial charge is 0.312 e. The van der Waals surface area contributed by atoms with E-state index in [9.17, 15) is 8.42 Å². The van der Waals surface area contributed by atoms with E-state index in [4.69, 9.17) is 0 Å². The van der Waals surface area contributed by atoms with Crippen molar-refractivity contribution in [2.45, 2.75) is 24.8 Å². The third-order valence-corrected chi connectivity index (χ3v) is 6.14. The minimum atomic E-state index is -3.41.